The van der Waals surface area contributed by atoms with Gasteiger partial charge in [0.2, 0.25) is 0 Å². The van der Waals surface area contributed by atoms with Gasteiger partial charge in [0, 0.05) is 12.6 Å². The second-order valence-electron chi connectivity index (χ2n) is 8.20. The maximum Gasteiger partial charge on any atom is 0.335 e. The molecule has 1 atom stereocenters. The largest absolute Gasteiger partial charge is 0.494 e. The summed E-state index contributed by atoms with van der Waals surface area (Å²) in [6.45, 7) is 4.42. The molecule has 0 aliphatic rings. The summed E-state index contributed by atoms with van der Waals surface area (Å²) in [5.41, 5.74) is 4.90. The van der Waals surface area contributed by atoms with Crippen LogP contribution in [0.5, 0.6) is 5.75 Å². The molecule has 0 fully saturated rings. The van der Waals surface area contributed by atoms with Gasteiger partial charge in [0.25, 0.3) is 0 Å². The average Bonchev–Trinajstić information content (AvgIpc) is 2.82. The molecule has 0 radical (unpaired) electrons. The summed E-state index contributed by atoms with van der Waals surface area (Å²) in [4.78, 5) is 11.7. The van der Waals surface area contributed by atoms with E-state index in [-0.39, 0.29) is 17.6 Å². The predicted molar refractivity (Wildman–Crippen MR) is 129 cm³/mol. The molecule has 0 saturated heterocycles. The highest BCUT2D eigenvalue weighted by Crippen LogP contribution is 2.32. The molecule has 168 valence electrons. The van der Waals surface area contributed by atoms with Crippen LogP contribution in [0.15, 0.2) is 72.8 Å². The first-order chi connectivity index (χ1) is 15.9. The van der Waals surface area contributed by atoms with Gasteiger partial charge >= 0.3 is 5.97 Å². The molecule has 0 saturated carbocycles. The molecule has 0 spiro atoms. The van der Waals surface area contributed by atoms with E-state index in [2.05, 4.69) is 29.6 Å². The van der Waals surface area contributed by atoms with Crippen LogP contribution in [0.25, 0.3) is 21.9 Å². The van der Waals surface area contributed by atoms with Crippen LogP contribution in [0.2, 0.25) is 0 Å². The second-order valence-corrected chi connectivity index (χ2v) is 8.20. The Balaban J connectivity index is 1.67. The third-order valence-corrected chi connectivity index (χ3v) is 5.99. The fourth-order valence-corrected chi connectivity index (χ4v) is 4.07. The normalized spacial score (nSPS) is 12.0. The van der Waals surface area contributed by atoms with Crippen molar-refractivity contribution in [3.63, 3.8) is 0 Å². The van der Waals surface area contributed by atoms with Crippen LogP contribution in [0.3, 0.4) is 0 Å². The first-order valence-electron chi connectivity index (χ1n) is 10.8. The zero-order valence-corrected chi connectivity index (χ0v) is 18.9. The molecular weight excluding hydrogens is 417 g/mol. The topological polar surface area (TPSA) is 58.6 Å². The molecule has 0 aromatic heterocycles. The summed E-state index contributed by atoms with van der Waals surface area (Å²) < 4.78 is 18.9. The molecule has 4 nitrogen and oxygen atoms in total. The third kappa shape index (κ3) is 4.73. The van der Waals surface area contributed by atoms with Crippen molar-refractivity contribution >= 4 is 16.7 Å². The SMILES string of the molecule is COc1cc([C@@H](C)NCc2cc(-c3ccc(C)c(C(=O)O)c3)c3ccccc3c2)ccc1F. The molecule has 0 aliphatic heterocycles. The summed E-state index contributed by atoms with van der Waals surface area (Å²) in [7, 11) is 1.46. The van der Waals surface area contributed by atoms with Crippen molar-refractivity contribution in [3.05, 3.63) is 101 Å². The van der Waals surface area contributed by atoms with Crippen LogP contribution in [0.4, 0.5) is 4.39 Å². The number of ether oxygens (including phenoxy) is 1. The number of aryl methyl sites for hydroxylation is 1. The van der Waals surface area contributed by atoms with Crippen molar-refractivity contribution in [1.82, 2.24) is 5.32 Å². The van der Waals surface area contributed by atoms with E-state index in [1.165, 1.54) is 13.2 Å². The highest BCUT2D eigenvalue weighted by atomic mass is 19.1. The van der Waals surface area contributed by atoms with Crippen LogP contribution in [0, 0.1) is 12.7 Å². The molecule has 0 amide bonds. The summed E-state index contributed by atoms with van der Waals surface area (Å²) in [6, 6.07) is 22.7. The number of carboxylic acids is 1. The lowest BCUT2D eigenvalue weighted by Gasteiger charge is -2.17. The highest BCUT2D eigenvalue weighted by Gasteiger charge is 2.13. The number of hydrogen-bond donors (Lipinski definition) is 2. The monoisotopic (exact) mass is 443 g/mol. The minimum Gasteiger partial charge on any atom is -0.494 e. The van der Waals surface area contributed by atoms with Crippen molar-refractivity contribution in [1.29, 1.82) is 0 Å². The molecule has 0 unspecified atom stereocenters. The molecule has 33 heavy (non-hydrogen) atoms. The number of carbonyl (C=O) groups is 1. The molecule has 0 heterocycles. The first-order valence-corrected chi connectivity index (χ1v) is 10.8. The van der Waals surface area contributed by atoms with Gasteiger partial charge in [0.05, 0.1) is 12.7 Å². The average molecular weight is 444 g/mol. The molecule has 4 aromatic rings. The number of aromatic carboxylic acids is 1. The molecular formula is C28H26FNO3. The van der Waals surface area contributed by atoms with E-state index in [0.717, 1.165) is 38.6 Å². The Morgan fingerprint density at radius 2 is 1.85 bits per heavy atom. The van der Waals surface area contributed by atoms with Crippen LogP contribution in [-0.2, 0) is 6.54 Å². The van der Waals surface area contributed by atoms with Gasteiger partial charge in [-0.15, -0.1) is 0 Å². The Kier molecular flexibility index (Phi) is 6.43. The fraction of sp³-hybridized carbons (Fsp3) is 0.179. The van der Waals surface area contributed by atoms with Gasteiger partial charge in [0.15, 0.2) is 11.6 Å². The number of fused-ring (bicyclic) bond motifs is 1. The van der Waals surface area contributed by atoms with Crippen molar-refractivity contribution in [2.45, 2.75) is 26.4 Å². The second kappa shape index (κ2) is 9.43. The maximum atomic E-state index is 13.8. The summed E-state index contributed by atoms with van der Waals surface area (Å²) >= 11 is 0. The van der Waals surface area contributed by atoms with Crippen molar-refractivity contribution < 1.29 is 19.0 Å². The van der Waals surface area contributed by atoms with Crippen LogP contribution >= 0.6 is 0 Å². The zero-order valence-electron chi connectivity index (χ0n) is 18.9. The minimum absolute atomic E-state index is 0.0209. The number of benzene rings is 4. The van der Waals surface area contributed by atoms with E-state index in [4.69, 9.17) is 4.74 Å². The summed E-state index contributed by atoms with van der Waals surface area (Å²) in [6.07, 6.45) is 0. The van der Waals surface area contributed by atoms with Gasteiger partial charge < -0.3 is 15.2 Å². The fourth-order valence-electron chi connectivity index (χ4n) is 4.07. The van der Waals surface area contributed by atoms with Gasteiger partial charge in [-0.05, 0) is 82.8 Å². The molecule has 2 N–H and O–H groups in total. The predicted octanol–water partition coefficient (Wildman–Crippen LogP) is 6.51. The smallest absolute Gasteiger partial charge is 0.335 e. The Morgan fingerprint density at radius 3 is 2.61 bits per heavy atom. The van der Waals surface area contributed by atoms with Crippen LogP contribution in [0.1, 0.15) is 40.0 Å². The highest BCUT2D eigenvalue weighted by molar-refractivity contribution is 5.99. The third-order valence-electron chi connectivity index (χ3n) is 5.99. The van der Waals surface area contributed by atoms with Gasteiger partial charge in [-0.3, -0.25) is 0 Å². The summed E-state index contributed by atoms with van der Waals surface area (Å²) in [5, 5.41) is 15.2. The van der Waals surface area contributed by atoms with E-state index >= 15 is 0 Å². The van der Waals surface area contributed by atoms with E-state index in [0.29, 0.717) is 12.1 Å². The zero-order chi connectivity index (χ0) is 23.5. The van der Waals surface area contributed by atoms with Crippen molar-refractivity contribution in [2.24, 2.45) is 0 Å². The number of carboxylic acid groups (broad SMARTS) is 1. The van der Waals surface area contributed by atoms with E-state index in [9.17, 15) is 14.3 Å². The molecule has 0 bridgehead atoms. The van der Waals surface area contributed by atoms with Gasteiger partial charge in [-0.2, -0.15) is 0 Å². The quantitative estimate of drug-likeness (QED) is 0.342. The summed E-state index contributed by atoms with van der Waals surface area (Å²) in [5.74, 6) is -1.09. The standard InChI is InChI=1S/C28H26FNO3/c1-17-8-9-22(14-24(17)28(31)32)25-13-19(12-21-6-4-5-7-23(21)25)16-30-18(2)20-10-11-26(29)27(15-20)33-3/h4-15,18,30H,16H2,1-3H3,(H,31,32)/t18-/m1/s1. The maximum absolute atomic E-state index is 13.8. The van der Waals surface area contributed by atoms with Gasteiger partial charge in [0.1, 0.15) is 0 Å². The van der Waals surface area contributed by atoms with Crippen LogP contribution in [-0.4, -0.2) is 18.2 Å². The number of rotatable bonds is 7. The van der Waals surface area contributed by atoms with E-state index in [1.54, 1.807) is 25.1 Å². The lowest BCUT2D eigenvalue weighted by molar-refractivity contribution is 0.0696. The molecule has 4 aromatic carbocycles. The molecule has 0 aliphatic carbocycles. The van der Waals surface area contributed by atoms with Crippen LogP contribution < -0.4 is 10.1 Å². The van der Waals surface area contributed by atoms with E-state index in [1.807, 2.05) is 31.2 Å². The Bertz CT molecular complexity index is 1330. The van der Waals surface area contributed by atoms with Crippen molar-refractivity contribution in [3.8, 4) is 16.9 Å². The number of nitrogens with one attached hydrogen (secondary N) is 1. The van der Waals surface area contributed by atoms with Gasteiger partial charge in [-0.1, -0.05) is 42.5 Å². The molecule has 4 rings (SSSR count). The number of halogens is 1. The van der Waals surface area contributed by atoms with Gasteiger partial charge in [-0.25, -0.2) is 9.18 Å². The van der Waals surface area contributed by atoms with E-state index < -0.39 is 5.97 Å². The Morgan fingerprint density at radius 1 is 1.06 bits per heavy atom. The first kappa shape index (κ1) is 22.5. The Hall–Kier alpha value is -3.70. The molecule has 5 heteroatoms. The number of methoxy groups -OCH3 is 1. The minimum atomic E-state index is -0.931. The lowest BCUT2D eigenvalue weighted by Crippen LogP contribution is -2.18. The number of hydrogen-bond acceptors (Lipinski definition) is 3. The Labute approximate surface area is 192 Å². The van der Waals surface area contributed by atoms with Crippen molar-refractivity contribution in [2.75, 3.05) is 7.11 Å². The lowest BCUT2D eigenvalue weighted by atomic mass is 9.93.